The van der Waals surface area contributed by atoms with Crippen LogP contribution in [-0.4, -0.2) is 72.0 Å². The zero-order valence-electron chi connectivity index (χ0n) is 17.7. The maximum atomic E-state index is 14.2. The number of carbonyl (C=O) groups is 2. The number of nitrogens with zero attached hydrogens (tertiary/aromatic N) is 3. The molecule has 0 N–H and O–H groups in total. The summed E-state index contributed by atoms with van der Waals surface area (Å²) in [6.45, 7) is 2.32. The summed E-state index contributed by atoms with van der Waals surface area (Å²) in [7, 11) is 0. The van der Waals surface area contributed by atoms with Gasteiger partial charge < -0.3 is 9.80 Å². The average Bonchev–Trinajstić information content (AvgIpc) is 3.44. The van der Waals surface area contributed by atoms with E-state index in [1.165, 1.54) is 4.90 Å². The highest BCUT2D eigenvalue weighted by molar-refractivity contribution is 5.85. The number of rotatable bonds is 4. The molecule has 3 aliphatic heterocycles. The van der Waals surface area contributed by atoms with Crippen LogP contribution in [0.15, 0.2) is 30.3 Å². The molecule has 1 aromatic carbocycles. The van der Waals surface area contributed by atoms with E-state index in [0.29, 0.717) is 19.4 Å². The Balaban J connectivity index is 1.41. The van der Waals surface area contributed by atoms with Gasteiger partial charge in [0.1, 0.15) is 0 Å². The van der Waals surface area contributed by atoms with E-state index in [-0.39, 0.29) is 44.4 Å². The van der Waals surface area contributed by atoms with Crippen LogP contribution >= 0.6 is 0 Å². The van der Waals surface area contributed by atoms with Crippen molar-refractivity contribution in [3.63, 3.8) is 0 Å². The van der Waals surface area contributed by atoms with Gasteiger partial charge in [0.05, 0.1) is 0 Å². The van der Waals surface area contributed by atoms with Crippen LogP contribution in [0.5, 0.6) is 0 Å². The fourth-order valence-electron chi connectivity index (χ4n) is 5.22. The number of halogens is 3. The second-order valence-electron chi connectivity index (χ2n) is 9.12. The highest BCUT2D eigenvalue weighted by atomic mass is 19.4. The quantitative estimate of drug-likeness (QED) is 0.726. The molecular weight excluding hydrogens is 407 g/mol. The maximum absolute atomic E-state index is 14.2. The van der Waals surface area contributed by atoms with Crippen LogP contribution in [0.4, 0.5) is 13.2 Å². The van der Waals surface area contributed by atoms with E-state index in [0.717, 1.165) is 31.5 Å². The topological polar surface area (TPSA) is 43.9 Å². The third-order valence-electron chi connectivity index (χ3n) is 7.10. The molecule has 0 spiro atoms. The van der Waals surface area contributed by atoms with Crippen molar-refractivity contribution >= 4 is 11.8 Å². The van der Waals surface area contributed by atoms with E-state index in [4.69, 9.17) is 0 Å². The fourth-order valence-corrected chi connectivity index (χ4v) is 5.22. The molecule has 8 heteroatoms. The Morgan fingerprint density at radius 2 is 1.58 bits per heavy atom. The summed E-state index contributed by atoms with van der Waals surface area (Å²) >= 11 is 0. The third kappa shape index (κ3) is 4.45. The maximum Gasteiger partial charge on any atom is 0.404 e. The summed E-state index contributed by atoms with van der Waals surface area (Å²) in [5.41, 5.74) is -1.41. The van der Waals surface area contributed by atoms with Gasteiger partial charge in [-0.3, -0.25) is 14.5 Å². The van der Waals surface area contributed by atoms with E-state index < -0.39 is 17.5 Å². The van der Waals surface area contributed by atoms with Crippen molar-refractivity contribution in [1.82, 2.24) is 14.7 Å². The predicted octanol–water partition coefficient (Wildman–Crippen LogP) is 3.30. The normalized spacial score (nSPS) is 25.9. The summed E-state index contributed by atoms with van der Waals surface area (Å²) < 4.78 is 42.6. The molecule has 3 aliphatic rings. The average molecular weight is 438 g/mol. The lowest BCUT2D eigenvalue weighted by molar-refractivity contribution is -0.224. The molecule has 4 rings (SSSR count). The van der Waals surface area contributed by atoms with Gasteiger partial charge in [0.2, 0.25) is 11.8 Å². The van der Waals surface area contributed by atoms with Crippen molar-refractivity contribution in [2.45, 2.75) is 44.8 Å². The number of carbonyl (C=O) groups excluding carboxylic acids is 2. The Kier molecular flexibility index (Phi) is 6.28. The zero-order chi connectivity index (χ0) is 22.1. The zero-order valence-corrected chi connectivity index (χ0v) is 17.7. The van der Waals surface area contributed by atoms with Gasteiger partial charge in [-0.05, 0) is 44.2 Å². The first-order chi connectivity index (χ1) is 14.8. The fraction of sp³-hybridized carbons (Fsp3) is 0.652. The minimum atomic E-state index is -4.60. The van der Waals surface area contributed by atoms with Crippen LogP contribution < -0.4 is 0 Å². The lowest BCUT2D eigenvalue weighted by atomic mass is 9.83. The first-order valence-electron chi connectivity index (χ1n) is 11.2. The SMILES string of the molecule is O=C(C1CCN(C(=O)C2(C(F)(F)F)CCN(Cc3ccccc3)C2)CC1)N1CCCC1. The monoisotopic (exact) mass is 437 g/mol. The molecule has 3 saturated heterocycles. The van der Waals surface area contributed by atoms with Crippen molar-refractivity contribution in [3.8, 4) is 0 Å². The Hall–Kier alpha value is -2.09. The van der Waals surface area contributed by atoms with E-state index in [1.54, 1.807) is 4.90 Å². The van der Waals surface area contributed by atoms with Crippen molar-refractivity contribution in [1.29, 1.82) is 0 Å². The molecule has 0 bridgehead atoms. The third-order valence-corrected chi connectivity index (χ3v) is 7.10. The number of hydrogen-bond acceptors (Lipinski definition) is 3. The van der Waals surface area contributed by atoms with Crippen LogP contribution in [0.3, 0.4) is 0 Å². The summed E-state index contributed by atoms with van der Waals surface area (Å²) in [5.74, 6) is -0.894. The van der Waals surface area contributed by atoms with Crippen LogP contribution in [0.1, 0.15) is 37.7 Å². The lowest BCUT2D eigenvalue weighted by Gasteiger charge is -2.39. The number of amides is 2. The highest BCUT2D eigenvalue weighted by Crippen LogP contribution is 2.47. The van der Waals surface area contributed by atoms with Gasteiger partial charge >= 0.3 is 6.18 Å². The molecule has 0 radical (unpaired) electrons. The van der Waals surface area contributed by atoms with Crippen molar-refractivity contribution in [3.05, 3.63) is 35.9 Å². The van der Waals surface area contributed by atoms with Gasteiger partial charge in [-0.1, -0.05) is 30.3 Å². The van der Waals surface area contributed by atoms with Crippen molar-refractivity contribution in [2.75, 3.05) is 39.3 Å². The Morgan fingerprint density at radius 1 is 0.935 bits per heavy atom. The number of piperidine rings is 1. The van der Waals surface area contributed by atoms with Crippen LogP contribution in [0.25, 0.3) is 0 Å². The molecule has 3 heterocycles. The molecule has 1 atom stereocenters. The van der Waals surface area contributed by atoms with Gasteiger partial charge in [0.25, 0.3) is 0 Å². The van der Waals surface area contributed by atoms with E-state index >= 15 is 0 Å². The molecule has 170 valence electrons. The van der Waals surface area contributed by atoms with Crippen molar-refractivity contribution in [2.24, 2.45) is 11.3 Å². The van der Waals surface area contributed by atoms with Crippen LogP contribution in [-0.2, 0) is 16.1 Å². The van der Waals surface area contributed by atoms with Crippen molar-refractivity contribution < 1.29 is 22.8 Å². The number of likely N-dealkylation sites (tertiary alicyclic amines) is 3. The first-order valence-corrected chi connectivity index (χ1v) is 11.2. The standard InChI is InChI=1S/C23H30F3N3O2/c24-23(25,26)22(10-15-27(17-22)16-18-6-2-1-3-7-18)21(31)29-13-8-19(9-14-29)20(30)28-11-4-5-12-28/h1-3,6-7,19H,4-5,8-17H2. The van der Waals surface area contributed by atoms with Gasteiger partial charge in [-0.2, -0.15) is 13.2 Å². The lowest BCUT2D eigenvalue weighted by Crippen LogP contribution is -2.55. The molecule has 1 unspecified atom stereocenters. The highest BCUT2D eigenvalue weighted by Gasteiger charge is 2.64. The van der Waals surface area contributed by atoms with Gasteiger partial charge in [-0.25, -0.2) is 0 Å². The number of alkyl halides is 3. The van der Waals surface area contributed by atoms with Gasteiger partial charge in [0, 0.05) is 45.2 Å². The predicted molar refractivity (Wildman–Crippen MR) is 110 cm³/mol. The van der Waals surface area contributed by atoms with Gasteiger partial charge in [0.15, 0.2) is 5.41 Å². The molecule has 5 nitrogen and oxygen atoms in total. The molecule has 0 aromatic heterocycles. The second-order valence-corrected chi connectivity index (χ2v) is 9.12. The van der Waals surface area contributed by atoms with E-state index in [9.17, 15) is 22.8 Å². The first kappa shape index (κ1) is 22.1. The second kappa shape index (κ2) is 8.81. The molecular formula is C23H30F3N3O2. The Labute approximate surface area is 181 Å². The molecule has 0 saturated carbocycles. The Morgan fingerprint density at radius 3 is 2.19 bits per heavy atom. The summed E-state index contributed by atoms with van der Waals surface area (Å²) in [6, 6.07) is 9.37. The smallest absolute Gasteiger partial charge is 0.342 e. The minimum Gasteiger partial charge on any atom is -0.342 e. The minimum absolute atomic E-state index is 0.102. The molecule has 1 aromatic rings. The van der Waals surface area contributed by atoms with Crippen LogP contribution in [0.2, 0.25) is 0 Å². The summed E-state index contributed by atoms with van der Waals surface area (Å²) in [4.78, 5) is 30.7. The largest absolute Gasteiger partial charge is 0.404 e. The summed E-state index contributed by atoms with van der Waals surface area (Å²) in [5, 5.41) is 0. The summed E-state index contributed by atoms with van der Waals surface area (Å²) in [6.07, 6.45) is -1.90. The molecule has 31 heavy (non-hydrogen) atoms. The Bertz CT molecular complexity index is 787. The molecule has 3 fully saturated rings. The van der Waals surface area contributed by atoms with Gasteiger partial charge in [-0.15, -0.1) is 0 Å². The van der Waals surface area contributed by atoms with E-state index in [1.807, 2.05) is 35.2 Å². The molecule has 0 aliphatic carbocycles. The van der Waals surface area contributed by atoms with E-state index in [2.05, 4.69) is 0 Å². The molecule has 2 amide bonds. The number of benzene rings is 1. The van der Waals surface area contributed by atoms with Crippen LogP contribution in [0, 0.1) is 11.3 Å². The number of hydrogen-bond donors (Lipinski definition) is 0.